The van der Waals surface area contributed by atoms with Crippen LogP contribution in [0.2, 0.25) is 0 Å². The van der Waals surface area contributed by atoms with Crippen molar-refractivity contribution in [2.24, 2.45) is 0 Å². The number of allylic oxidation sites excluding steroid dienone is 1. The number of carbonyl (C=O) groups is 1. The van der Waals surface area contributed by atoms with E-state index in [0.717, 1.165) is 53.5 Å². The second kappa shape index (κ2) is 9.05. The minimum atomic E-state index is -0.931. The van der Waals surface area contributed by atoms with E-state index in [0.29, 0.717) is 11.1 Å². The highest BCUT2D eigenvalue weighted by Crippen LogP contribution is 2.45. The molecule has 5 heteroatoms. The van der Waals surface area contributed by atoms with Crippen molar-refractivity contribution in [2.45, 2.75) is 26.8 Å². The normalized spacial score (nSPS) is 17.8. The van der Waals surface area contributed by atoms with Gasteiger partial charge in [0.25, 0.3) is 0 Å². The third-order valence-corrected chi connectivity index (χ3v) is 6.47. The van der Waals surface area contributed by atoms with E-state index in [-0.39, 0.29) is 6.04 Å². The Balaban J connectivity index is 1.95. The number of nitrogens with one attached hydrogen (secondary N) is 1. The number of carboxylic acid groups (broad SMARTS) is 1. The molecule has 0 spiro atoms. The molecule has 2 unspecified atom stereocenters. The summed E-state index contributed by atoms with van der Waals surface area (Å²) in [6.07, 6.45) is 6.43. The molecule has 2 aliphatic rings. The molecular weight excluding hydrogens is 400 g/mol. The summed E-state index contributed by atoms with van der Waals surface area (Å²) in [5.41, 5.74) is 4.86. The lowest BCUT2D eigenvalue weighted by molar-refractivity contribution is -0.890. The molecule has 0 saturated heterocycles. The second-order valence-electron chi connectivity index (χ2n) is 8.21. The van der Waals surface area contributed by atoms with Crippen LogP contribution in [0, 0.1) is 0 Å². The molecule has 2 atom stereocenters. The average molecular weight is 432 g/mol. The number of hydrogen-bond acceptors (Lipinski definition) is 3. The first kappa shape index (κ1) is 21.9. The Bertz CT molecular complexity index is 1130. The average Bonchev–Trinajstić information content (AvgIpc) is 2.82. The summed E-state index contributed by atoms with van der Waals surface area (Å²) < 4.78 is 6.46. The van der Waals surface area contributed by atoms with Crippen LogP contribution in [0.3, 0.4) is 0 Å². The maximum atomic E-state index is 12.0. The van der Waals surface area contributed by atoms with Gasteiger partial charge in [0.1, 0.15) is 17.6 Å². The molecule has 166 valence electrons. The van der Waals surface area contributed by atoms with Gasteiger partial charge >= 0.3 is 5.97 Å². The number of fused-ring (bicyclic) bond motifs is 2. The summed E-state index contributed by atoms with van der Waals surface area (Å²) in [5.74, 6) is 0.632. The minimum Gasteiger partial charge on any atom is -0.478 e. The van der Waals surface area contributed by atoms with Crippen LogP contribution < -0.4 is 14.5 Å². The Kier molecular flexibility index (Phi) is 6.19. The van der Waals surface area contributed by atoms with Crippen molar-refractivity contribution in [2.75, 3.05) is 31.6 Å². The minimum absolute atomic E-state index is 0.210. The van der Waals surface area contributed by atoms with Crippen LogP contribution in [0.4, 0.5) is 5.69 Å². The molecule has 2 aromatic rings. The van der Waals surface area contributed by atoms with Crippen LogP contribution in [0.15, 0.2) is 72.0 Å². The molecule has 2 aromatic carbocycles. The third kappa shape index (κ3) is 3.84. The number of quaternary nitrogens is 1. The molecule has 5 nitrogen and oxygen atoms in total. The summed E-state index contributed by atoms with van der Waals surface area (Å²) in [4.78, 5) is 15.7. The van der Waals surface area contributed by atoms with Gasteiger partial charge in [0.2, 0.25) is 0 Å². The van der Waals surface area contributed by atoms with Gasteiger partial charge < -0.3 is 19.6 Å². The first-order chi connectivity index (χ1) is 15.5. The number of carboxylic acids is 1. The summed E-state index contributed by atoms with van der Waals surface area (Å²) >= 11 is 0. The number of hydrogen-bond donors (Lipinski definition) is 2. The zero-order valence-corrected chi connectivity index (χ0v) is 19.2. The zero-order chi connectivity index (χ0) is 22.8. The molecule has 32 heavy (non-hydrogen) atoms. The lowest BCUT2D eigenvalue weighted by atomic mass is 9.85. The monoisotopic (exact) mass is 431 g/mol. The van der Waals surface area contributed by atoms with Gasteiger partial charge in [-0.25, -0.2) is 4.79 Å². The van der Waals surface area contributed by atoms with E-state index in [9.17, 15) is 9.90 Å². The first-order valence-electron chi connectivity index (χ1n) is 11.3. The van der Waals surface area contributed by atoms with Crippen molar-refractivity contribution in [3.05, 3.63) is 88.7 Å². The molecule has 0 aromatic heterocycles. The number of nitrogens with zero attached hydrogens (tertiary/aromatic N) is 1. The number of anilines is 1. The van der Waals surface area contributed by atoms with Crippen molar-refractivity contribution in [3.63, 3.8) is 0 Å². The Hall–Kier alpha value is -3.31. The number of benzene rings is 2. The molecule has 0 amide bonds. The van der Waals surface area contributed by atoms with Gasteiger partial charge in [-0.05, 0) is 56.7 Å². The predicted molar refractivity (Wildman–Crippen MR) is 128 cm³/mol. The fraction of sp³-hybridized carbons (Fsp3) is 0.296. The fourth-order valence-electron chi connectivity index (χ4n) is 4.46. The van der Waals surface area contributed by atoms with Gasteiger partial charge in [0.05, 0.1) is 19.2 Å². The Morgan fingerprint density at radius 2 is 1.84 bits per heavy atom. The molecule has 2 N–H and O–H groups in total. The summed E-state index contributed by atoms with van der Waals surface area (Å²) in [6, 6.07) is 13.7. The van der Waals surface area contributed by atoms with Gasteiger partial charge in [0, 0.05) is 47.6 Å². The smallest absolute Gasteiger partial charge is 0.336 e. The Morgan fingerprint density at radius 3 is 2.53 bits per heavy atom. The highest BCUT2D eigenvalue weighted by Gasteiger charge is 2.31. The highest BCUT2D eigenvalue weighted by molar-refractivity contribution is 6.00. The maximum Gasteiger partial charge on any atom is 0.336 e. The first-order valence-corrected chi connectivity index (χ1v) is 11.3. The second-order valence-corrected chi connectivity index (χ2v) is 8.21. The number of aromatic carboxylic acids is 1. The van der Waals surface area contributed by atoms with Crippen LogP contribution in [0.25, 0.3) is 5.57 Å². The molecule has 0 radical (unpaired) electrons. The Morgan fingerprint density at radius 1 is 1.09 bits per heavy atom. The predicted octanol–water partition coefficient (Wildman–Crippen LogP) is 3.78. The van der Waals surface area contributed by atoms with E-state index in [1.165, 1.54) is 4.90 Å². The SMILES string of the molecule is CCN(CC)c1ccc2c(c1)OC1=CC([NH+](C)CC)C=CC1=C2c1ccccc1C(=O)O. The van der Waals surface area contributed by atoms with Crippen LogP contribution in [0.1, 0.15) is 42.3 Å². The van der Waals surface area contributed by atoms with Crippen molar-refractivity contribution >= 4 is 17.2 Å². The summed E-state index contributed by atoms with van der Waals surface area (Å²) in [7, 11) is 2.16. The van der Waals surface area contributed by atoms with Crippen molar-refractivity contribution < 1.29 is 19.5 Å². The highest BCUT2D eigenvalue weighted by atomic mass is 16.5. The maximum absolute atomic E-state index is 12.0. The molecule has 4 rings (SSSR count). The van der Waals surface area contributed by atoms with Gasteiger partial charge in [0.15, 0.2) is 0 Å². The van der Waals surface area contributed by atoms with Crippen molar-refractivity contribution in [1.82, 2.24) is 0 Å². The van der Waals surface area contributed by atoms with Gasteiger partial charge in [-0.1, -0.05) is 18.2 Å². The van der Waals surface area contributed by atoms with E-state index in [1.54, 1.807) is 12.1 Å². The molecule has 0 fully saturated rings. The van der Waals surface area contributed by atoms with Crippen LogP contribution in [-0.2, 0) is 0 Å². The molecule has 0 bridgehead atoms. The molecule has 0 saturated carbocycles. The zero-order valence-electron chi connectivity index (χ0n) is 19.2. The van der Waals surface area contributed by atoms with Gasteiger partial charge in [-0.15, -0.1) is 0 Å². The quantitative estimate of drug-likeness (QED) is 0.701. The molecular formula is C27H31N2O3+. The van der Waals surface area contributed by atoms with Crippen molar-refractivity contribution in [3.8, 4) is 5.75 Å². The summed E-state index contributed by atoms with van der Waals surface area (Å²) in [6.45, 7) is 9.24. The van der Waals surface area contributed by atoms with Crippen LogP contribution in [0.5, 0.6) is 5.75 Å². The van der Waals surface area contributed by atoms with Crippen molar-refractivity contribution in [1.29, 1.82) is 0 Å². The topological polar surface area (TPSA) is 54.2 Å². The van der Waals surface area contributed by atoms with Crippen LogP contribution in [-0.4, -0.2) is 43.8 Å². The van der Waals surface area contributed by atoms with Gasteiger partial charge in [-0.3, -0.25) is 0 Å². The van der Waals surface area contributed by atoms with Crippen LogP contribution >= 0.6 is 0 Å². The van der Waals surface area contributed by atoms with E-state index in [1.807, 2.05) is 12.1 Å². The summed E-state index contributed by atoms with van der Waals surface area (Å²) in [5, 5.41) is 9.87. The Labute approximate surface area is 189 Å². The van der Waals surface area contributed by atoms with E-state index >= 15 is 0 Å². The van der Waals surface area contributed by atoms with E-state index < -0.39 is 5.97 Å². The largest absolute Gasteiger partial charge is 0.478 e. The van der Waals surface area contributed by atoms with Gasteiger partial charge in [-0.2, -0.15) is 0 Å². The third-order valence-electron chi connectivity index (χ3n) is 6.47. The molecule has 1 heterocycles. The standard InChI is InChI=1S/C27H30N2O3/c1-5-28(4)18-12-14-22-24(16-18)32-25-17-19(29(6-2)7-3)13-15-23(25)26(22)20-10-8-9-11-21(20)27(30)31/h8-18H,5-7H2,1-4H3,(H,30,31)/p+1. The van der Waals surface area contributed by atoms with E-state index in [4.69, 9.17) is 4.74 Å². The number of rotatable bonds is 7. The van der Waals surface area contributed by atoms with E-state index in [2.05, 4.69) is 69.1 Å². The molecule has 1 aliphatic heterocycles. The lowest BCUT2D eigenvalue weighted by Gasteiger charge is -2.31. The number of likely N-dealkylation sites (N-methyl/N-ethyl adjacent to an activating group) is 1. The molecule has 1 aliphatic carbocycles. The fourth-order valence-corrected chi connectivity index (χ4v) is 4.46. The lowest BCUT2D eigenvalue weighted by Crippen LogP contribution is -3.12. The number of ether oxygens (including phenoxy) is 1.